The molecule has 0 saturated heterocycles. The molecule has 0 spiro atoms. The normalized spacial score (nSPS) is 11.3. The van der Waals surface area contributed by atoms with Crippen LogP contribution in [0.2, 0.25) is 0 Å². The number of amides is 1. The van der Waals surface area contributed by atoms with Crippen molar-refractivity contribution in [3.63, 3.8) is 0 Å². The minimum Gasteiger partial charge on any atom is -0.396 e. The number of fused-ring (bicyclic) bond motifs is 2. The highest BCUT2D eigenvalue weighted by molar-refractivity contribution is 6.09. The van der Waals surface area contributed by atoms with E-state index in [1.54, 1.807) is 29.9 Å². The van der Waals surface area contributed by atoms with Gasteiger partial charge in [-0.05, 0) is 37.6 Å². The summed E-state index contributed by atoms with van der Waals surface area (Å²) in [6, 6.07) is 7.27. The van der Waals surface area contributed by atoms with Crippen molar-refractivity contribution < 1.29 is 9.90 Å². The molecule has 4 rings (SSSR count). The van der Waals surface area contributed by atoms with Crippen LogP contribution in [0.4, 0.5) is 5.69 Å². The number of hydrogen-bond acceptors (Lipinski definition) is 5. The third-order valence-electron chi connectivity index (χ3n) is 4.16. The summed E-state index contributed by atoms with van der Waals surface area (Å²) in [5.74, 6) is 0.566. The van der Waals surface area contributed by atoms with E-state index in [0.29, 0.717) is 35.4 Å². The lowest BCUT2D eigenvalue weighted by molar-refractivity contribution is 0.102. The Morgan fingerprint density at radius 1 is 1.38 bits per heavy atom. The van der Waals surface area contributed by atoms with Crippen LogP contribution in [-0.2, 0) is 6.42 Å². The molecule has 4 aromatic rings. The van der Waals surface area contributed by atoms with Crippen LogP contribution in [0.1, 0.15) is 28.3 Å². The minimum atomic E-state index is -0.254. The highest BCUT2D eigenvalue weighted by Crippen LogP contribution is 2.20. The lowest BCUT2D eigenvalue weighted by Crippen LogP contribution is -2.13. The standard InChI is InChI=1S/C18H18N6O2/c1-11-16(17-19-7-3-8-24(17)23-11)18(26)20-12-5-6-13-14(10-12)22-15(21-13)4-2-9-25/h3,5-8,10,25H,2,4,9H2,1H3,(H,20,26)(H,21,22). The summed E-state index contributed by atoms with van der Waals surface area (Å²) in [4.78, 5) is 24.7. The van der Waals surface area contributed by atoms with Crippen molar-refractivity contribution in [3.8, 4) is 0 Å². The number of aryl methyl sites for hydroxylation is 2. The molecule has 0 saturated carbocycles. The number of imidazole rings is 1. The first-order valence-electron chi connectivity index (χ1n) is 8.36. The van der Waals surface area contributed by atoms with Crippen molar-refractivity contribution in [2.24, 2.45) is 0 Å². The first kappa shape index (κ1) is 16.2. The Hall–Kier alpha value is -3.26. The smallest absolute Gasteiger partial charge is 0.261 e. The van der Waals surface area contributed by atoms with Gasteiger partial charge in [-0.15, -0.1) is 0 Å². The molecule has 0 aliphatic carbocycles. The second-order valence-corrected chi connectivity index (χ2v) is 6.04. The molecule has 1 amide bonds. The van der Waals surface area contributed by atoms with Gasteiger partial charge in [0.25, 0.3) is 5.91 Å². The topological polar surface area (TPSA) is 108 Å². The number of aliphatic hydroxyl groups excluding tert-OH is 1. The summed E-state index contributed by atoms with van der Waals surface area (Å²) in [5, 5.41) is 16.1. The summed E-state index contributed by atoms with van der Waals surface area (Å²) < 4.78 is 1.59. The van der Waals surface area contributed by atoms with Gasteiger partial charge in [0.1, 0.15) is 11.4 Å². The van der Waals surface area contributed by atoms with E-state index >= 15 is 0 Å². The van der Waals surface area contributed by atoms with Crippen molar-refractivity contribution in [1.82, 2.24) is 24.6 Å². The van der Waals surface area contributed by atoms with E-state index in [0.717, 1.165) is 16.9 Å². The monoisotopic (exact) mass is 350 g/mol. The van der Waals surface area contributed by atoms with Crippen molar-refractivity contribution in [1.29, 1.82) is 0 Å². The Morgan fingerprint density at radius 2 is 2.27 bits per heavy atom. The molecule has 0 aliphatic heterocycles. The number of aromatic nitrogens is 5. The van der Waals surface area contributed by atoms with E-state index in [1.165, 1.54) is 0 Å². The van der Waals surface area contributed by atoms with E-state index < -0.39 is 0 Å². The van der Waals surface area contributed by atoms with Gasteiger partial charge in [-0.2, -0.15) is 5.10 Å². The molecule has 0 aliphatic rings. The van der Waals surface area contributed by atoms with Crippen LogP contribution in [0.15, 0.2) is 36.7 Å². The maximum Gasteiger partial charge on any atom is 0.261 e. The minimum absolute atomic E-state index is 0.130. The zero-order valence-electron chi connectivity index (χ0n) is 14.2. The lowest BCUT2D eigenvalue weighted by atomic mass is 10.2. The Morgan fingerprint density at radius 3 is 3.12 bits per heavy atom. The molecule has 3 heterocycles. The number of carbonyl (C=O) groups excluding carboxylic acids is 1. The van der Waals surface area contributed by atoms with Crippen LogP contribution < -0.4 is 5.32 Å². The molecule has 0 atom stereocenters. The van der Waals surface area contributed by atoms with Gasteiger partial charge in [-0.25, -0.2) is 14.5 Å². The number of benzene rings is 1. The Bertz CT molecular complexity index is 1100. The molecule has 0 fully saturated rings. The number of H-pyrrole nitrogens is 1. The van der Waals surface area contributed by atoms with Crippen molar-refractivity contribution in [3.05, 3.63) is 53.7 Å². The molecule has 132 valence electrons. The summed E-state index contributed by atoms with van der Waals surface area (Å²) in [7, 11) is 0. The number of anilines is 1. The first-order chi connectivity index (χ1) is 12.7. The molecule has 3 aromatic heterocycles. The second kappa shape index (κ2) is 6.57. The molecule has 0 radical (unpaired) electrons. The summed E-state index contributed by atoms with van der Waals surface area (Å²) in [6.45, 7) is 1.92. The maximum absolute atomic E-state index is 12.7. The van der Waals surface area contributed by atoms with Crippen molar-refractivity contribution in [2.75, 3.05) is 11.9 Å². The molecule has 26 heavy (non-hydrogen) atoms. The van der Waals surface area contributed by atoms with E-state index in [4.69, 9.17) is 5.11 Å². The van der Waals surface area contributed by atoms with E-state index in [2.05, 4.69) is 25.4 Å². The third-order valence-corrected chi connectivity index (χ3v) is 4.16. The number of nitrogens with one attached hydrogen (secondary N) is 2. The quantitative estimate of drug-likeness (QED) is 0.511. The van der Waals surface area contributed by atoms with E-state index in [-0.39, 0.29) is 12.5 Å². The average Bonchev–Trinajstić information content (AvgIpc) is 3.18. The number of hydrogen-bond donors (Lipinski definition) is 3. The van der Waals surface area contributed by atoms with Crippen LogP contribution in [0, 0.1) is 6.92 Å². The number of rotatable bonds is 5. The SMILES string of the molecule is Cc1nn2cccnc2c1C(=O)Nc1ccc2nc(CCCO)[nH]c2c1. The molecule has 8 heteroatoms. The fraction of sp³-hybridized carbons (Fsp3) is 0.222. The lowest BCUT2D eigenvalue weighted by Gasteiger charge is -2.04. The number of aromatic amines is 1. The van der Waals surface area contributed by atoms with Gasteiger partial charge in [0, 0.05) is 31.1 Å². The molecular weight excluding hydrogens is 332 g/mol. The fourth-order valence-electron chi connectivity index (χ4n) is 2.96. The maximum atomic E-state index is 12.7. The van der Waals surface area contributed by atoms with Gasteiger partial charge >= 0.3 is 0 Å². The van der Waals surface area contributed by atoms with E-state index in [9.17, 15) is 4.79 Å². The molecule has 0 bridgehead atoms. The van der Waals surface area contributed by atoms with Gasteiger partial charge in [0.2, 0.25) is 0 Å². The largest absolute Gasteiger partial charge is 0.396 e. The summed E-state index contributed by atoms with van der Waals surface area (Å²) in [6.07, 6.45) is 4.74. The third kappa shape index (κ3) is 2.91. The molecule has 0 unspecified atom stereocenters. The Labute approximate surface area is 148 Å². The average molecular weight is 350 g/mol. The molecule has 1 aromatic carbocycles. The van der Waals surface area contributed by atoms with E-state index in [1.807, 2.05) is 18.2 Å². The van der Waals surface area contributed by atoms with Crippen molar-refractivity contribution in [2.45, 2.75) is 19.8 Å². The van der Waals surface area contributed by atoms with Gasteiger partial charge in [0.15, 0.2) is 5.65 Å². The van der Waals surface area contributed by atoms with Gasteiger partial charge < -0.3 is 15.4 Å². The zero-order valence-corrected chi connectivity index (χ0v) is 14.2. The highest BCUT2D eigenvalue weighted by Gasteiger charge is 2.18. The Balaban J connectivity index is 1.61. The zero-order chi connectivity index (χ0) is 18.1. The van der Waals surface area contributed by atoms with Crippen LogP contribution in [-0.4, -0.2) is 42.2 Å². The van der Waals surface area contributed by atoms with Crippen LogP contribution >= 0.6 is 0 Å². The van der Waals surface area contributed by atoms with Crippen molar-refractivity contribution >= 4 is 28.3 Å². The number of carbonyl (C=O) groups is 1. The number of nitrogens with zero attached hydrogens (tertiary/aromatic N) is 4. The highest BCUT2D eigenvalue weighted by atomic mass is 16.2. The number of aliphatic hydroxyl groups is 1. The van der Waals surface area contributed by atoms with Crippen LogP contribution in [0.5, 0.6) is 0 Å². The second-order valence-electron chi connectivity index (χ2n) is 6.04. The van der Waals surface area contributed by atoms with Gasteiger partial charge in [0.05, 0.1) is 16.7 Å². The predicted octanol–water partition coefficient (Wildman–Crippen LogP) is 2.09. The summed E-state index contributed by atoms with van der Waals surface area (Å²) >= 11 is 0. The molecular formula is C18H18N6O2. The van der Waals surface area contributed by atoms with Crippen LogP contribution in [0.25, 0.3) is 16.7 Å². The molecule has 8 nitrogen and oxygen atoms in total. The van der Waals surface area contributed by atoms with Gasteiger partial charge in [-0.1, -0.05) is 0 Å². The fourth-order valence-corrected chi connectivity index (χ4v) is 2.96. The summed E-state index contributed by atoms with van der Waals surface area (Å²) in [5.41, 5.74) is 3.93. The van der Waals surface area contributed by atoms with Gasteiger partial charge in [-0.3, -0.25) is 4.79 Å². The first-order valence-corrected chi connectivity index (χ1v) is 8.36. The van der Waals surface area contributed by atoms with Crippen LogP contribution in [0.3, 0.4) is 0 Å². The Kier molecular flexibility index (Phi) is 4.10. The molecule has 3 N–H and O–H groups in total. The predicted molar refractivity (Wildman–Crippen MR) is 97.2 cm³/mol.